The lowest BCUT2D eigenvalue weighted by atomic mass is 9.99. The number of esters is 4. The van der Waals surface area contributed by atoms with Crippen molar-refractivity contribution in [3.63, 3.8) is 0 Å². The Morgan fingerprint density at radius 2 is 0.511 bits per heavy atom. The van der Waals surface area contributed by atoms with E-state index in [1.54, 1.807) is 0 Å². The van der Waals surface area contributed by atoms with E-state index in [1.165, 1.54) is 173 Å². The topological polar surface area (TPSA) is 237 Å². The van der Waals surface area contributed by atoms with Gasteiger partial charge in [-0.2, -0.15) is 0 Å². The van der Waals surface area contributed by atoms with E-state index in [-0.39, 0.29) is 25.7 Å². The number of aliphatic hydroxyl groups excluding tert-OH is 1. The van der Waals surface area contributed by atoms with Gasteiger partial charge in [-0.15, -0.1) is 0 Å². The van der Waals surface area contributed by atoms with Crippen molar-refractivity contribution in [1.82, 2.24) is 0 Å². The van der Waals surface area contributed by atoms with Crippen molar-refractivity contribution in [2.24, 2.45) is 23.7 Å². The summed E-state index contributed by atoms with van der Waals surface area (Å²) < 4.78 is 68.3. The number of carbonyl (C=O) groups is 4. The van der Waals surface area contributed by atoms with Crippen LogP contribution in [0.15, 0.2) is 0 Å². The number of carbonyl (C=O) groups excluding carboxylic acids is 4. The number of hydrogen-bond acceptors (Lipinski definition) is 15. The number of aliphatic hydroxyl groups is 1. The molecule has 0 amide bonds. The van der Waals surface area contributed by atoms with Crippen LogP contribution in [0.5, 0.6) is 0 Å². The van der Waals surface area contributed by atoms with Crippen molar-refractivity contribution in [3.8, 4) is 0 Å². The van der Waals surface area contributed by atoms with E-state index in [1.807, 2.05) is 0 Å². The molecule has 4 unspecified atom stereocenters. The highest BCUT2D eigenvalue weighted by Crippen LogP contribution is 2.45. The SMILES string of the molecule is CCC(C)CCCCCCCCCCCCCCCCCCCCC(=O)OC[C@H](COP(=O)(O)OCC(O)COP(=O)(O)OC[C@@H](COC(=O)CCCCCCCCCC(C)C)OC(=O)CCCCCCCCC(C)C)OC(=O)CCCCCCCCCCCCC(C)C. The zero-order valence-corrected chi connectivity index (χ0v) is 63.4. The molecule has 0 aromatic heterocycles. The van der Waals surface area contributed by atoms with E-state index in [2.05, 4.69) is 55.4 Å². The molecule has 0 aliphatic heterocycles. The Labute approximate surface area is 575 Å². The minimum absolute atomic E-state index is 0.101. The molecule has 558 valence electrons. The Kier molecular flexibility index (Phi) is 63.1. The van der Waals surface area contributed by atoms with Crippen molar-refractivity contribution in [2.75, 3.05) is 39.6 Å². The van der Waals surface area contributed by atoms with Crippen LogP contribution < -0.4 is 0 Å². The average molecular weight is 1380 g/mol. The minimum atomic E-state index is -4.96. The van der Waals surface area contributed by atoms with Crippen molar-refractivity contribution in [1.29, 1.82) is 0 Å². The van der Waals surface area contributed by atoms with Crippen LogP contribution in [-0.2, 0) is 65.4 Å². The molecule has 94 heavy (non-hydrogen) atoms. The molecule has 0 aliphatic rings. The molecule has 0 saturated carbocycles. The number of ether oxygens (including phenoxy) is 4. The summed E-state index contributed by atoms with van der Waals surface area (Å²) in [6.45, 7) is 14.1. The molecule has 3 N–H and O–H groups in total. The molecule has 0 fully saturated rings. The summed E-state index contributed by atoms with van der Waals surface area (Å²) in [6, 6.07) is 0. The standard InChI is InChI=1S/C75H146O17P2/c1-9-68(8)54-46-38-29-23-18-16-14-12-10-11-13-15-17-19-24-30-39-47-55-72(77)85-61-70(91-74(79)57-49-41-31-25-21-20-22-27-35-43-51-65(2)3)63-89-93(81,82)87-59-69(76)60-88-94(83,84)90-64-71(92-75(80)58-50-42-34-33-37-45-53-67(6)7)62-86-73(78)56-48-40-32-26-28-36-44-52-66(4)5/h65-71,76H,9-64H2,1-8H3,(H,81,82)(H,83,84)/t68?,69?,70-,71-/m1/s1. The fourth-order valence-corrected chi connectivity index (χ4v) is 12.9. The molecule has 0 spiro atoms. The molecule has 19 heteroatoms. The van der Waals surface area contributed by atoms with Crippen molar-refractivity contribution < 1.29 is 80.2 Å². The third kappa shape index (κ3) is 67.3. The molecule has 0 saturated heterocycles. The van der Waals surface area contributed by atoms with Gasteiger partial charge in [0.05, 0.1) is 26.4 Å². The van der Waals surface area contributed by atoms with Gasteiger partial charge in [0.15, 0.2) is 12.2 Å². The Morgan fingerprint density at radius 1 is 0.298 bits per heavy atom. The van der Waals surface area contributed by atoms with E-state index in [0.29, 0.717) is 37.5 Å². The van der Waals surface area contributed by atoms with Gasteiger partial charge in [0.25, 0.3) is 0 Å². The number of rotatable bonds is 72. The Morgan fingerprint density at radius 3 is 0.755 bits per heavy atom. The summed E-state index contributed by atoms with van der Waals surface area (Å²) in [4.78, 5) is 72.6. The van der Waals surface area contributed by atoms with Crippen LogP contribution in [0, 0.1) is 23.7 Å². The lowest BCUT2D eigenvalue weighted by Crippen LogP contribution is -2.30. The fraction of sp³-hybridized carbons (Fsp3) is 0.947. The molecule has 0 aromatic rings. The predicted octanol–water partition coefficient (Wildman–Crippen LogP) is 21.7. The van der Waals surface area contributed by atoms with Gasteiger partial charge in [0.1, 0.15) is 19.3 Å². The highest BCUT2D eigenvalue weighted by molar-refractivity contribution is 7.47. The van der Waals surface area contributed by atoms with Crippen LogP contribution in [0.2, 0.25) is 0 Å². The number of phosphoric ester groups is 2. The van der Waals surface area contributed by atoms with E-state index < -0.39 is 97.5 Å². The van der Waals surface area contributed by atoms with Crippen molar-refractivity contribution >= 4 is 39.5 Å². The number of unbranched alkanes of at least 4 members (excludes halogenated alkanes) is 37. The summed E-state index contributed by atoms with van der Waals surface area (Å²) >= 11 is 0. The predicted molar refractivity (Wildman–Crippen MR) is 381 cm³/mol. The number of phosphoric acid groups is 2. The smallest absolute Gasteiger partial charge is 0.462 e. The van der Waals surface area contributed by atoms with E-state index in [4.69, 9.17) is 37.0 Å². The first kappa shape index (κ1) is 92.1. The van der Waals surface area contributed by atoms with Crippen molar-refractivity contribution in [2.45, 2.75) is 395 Å². The van der Waals surface area contributed by atoms with Crippen LogP contribution in [0.1, 0.15) is 376 Å². The lowest BCUT2D eigenvalue weighted by Gasteiger charge is -2.21. The summed E-state index contributed by atoms with van der Waals surface area (Å²) in [7, 11) is -9.91. The van der Waals surface area contributed by atoms with Crippen LogP contribution in [0.3, 0.4) is 0 Å². The Hall–Kier alpha value is -1.94. The molecule has 0 aromatic carbocycles. The fourth-order valence-electron chi connectivity index (χ4n) is 11.3. The largest absolute Gasteiger partial charge is 0.472 e. The van der Waals surface area contributed by atoms with Gasteiger partial charge in [-0.25, -0.2) is 9.13 Å². The molecular formula is C75H146O17P2. The van der Waals surface area contributed by atoms with Crippen LogP contribution >= 0.6 is 15.6 Å². The first-order valence-corrected chi connectivity index (χ1v) is 41.7. The third-order valence-corrected chi connectivity index (χ3v) is 19.6. The second-order valence-electron chi connectivity index (χ2n) is 28.7. The second kappa shape index (κ2) is 64.4. The zero-order chi connectivity index (χ0) is 69.6. The Bertz CT molecular complexity index is 1850. The minimum Gasteiger partial charge on any atom is -0.462 e. The van der Waals surface area contributed by atoms with Crippen LogP contribution in [0.4, 0.5) is 0 Å². The van der Waals surface area contributed by atoms with Gasteiger partial charge in [0, 0.05) is 25.7 Å². The molecule has 0 aliphatic carbocycles. The molecule has 17 nitrogen and oxygen atoms in total. The van der Waals surface area contributed by atoms with Crippen LogP contribution in [0.25, 0.3) is 0 Å². The Balaban J connectivity index is 5.14. The summed E-state index contributed by atoms with van der Waals surface area (Å²) in [5.74, 6) is 0.871. The first-order valence-electron chi connectivity index (χ1n) is 38.7. The maximum Gasteiger partial charge on any atom is 0.472 e. The zero-order valence-electron chi connectivity index (χ0n) is 61.6. The summed E-state index contributed by atoms with van der Waals surface area (Å²) in [5.41, 5.74) is 0. The third-order valence-electron chi connectivity index (χ3n) is 17.7. The van der Waals surface area contributed by atoms with Gasteiger partial charge in [-0.3, -0.25) is 37.3 Å². The highest BCUT2D eigenvalue weighted by Gasteiger charge is 2.30. The van der Waals surface area contributed by atoms with E-state index >= 15 is 0 Å². The molecule has 6 atom stereocenters. The van der Waals surface area contributed by atoms with E-state index in [9.17, 15) is 43.2 Å². The normalized spacial score (nSPS) is 14.4. The maximum atomic E-state index is 13.1. The first-order chi connectivity index (χ1) is 45.1. The molecule has 0 heterocycles. The number of hydrogen-bond donors (Lipinski definition) is 3. The van der Waals surface area contributed by atoms with Gasteiger partial charge >= 0.3 is 39.5 Å². The van der Waals surface area contributed by atoms with Gasteiger partial charge in [-0.05, 0) is 49.4 Å². The quantitative estimate of drug-likeness (QED) is 0.0222. The monoisotopic (exact) mass is 1380 g/mol. The highest BCUT2D eigenvalue weighted by atomic mass is 31.2. The lowest BCUT2D eigenvalue weighted by molar-refractivity contribution is -0.161. The average Bonchev–Trinajstić information content (AvgIpc) is 1.95. The van der Waals surface area contributed by atoms with E-state index in [0.717, 1.165) is 108 Å². The van der Waals surface area contributed by atoms with Crippen molar-refractivity contribution in [3.05, 3.63) is 0 Å². The molecule has 0 rings (SSSR count). The molecule has 0 bridgehead atoms. The van der Waals surface area contributed by atoms with Gasteiger partial charge in [0.2, 0.25) is 0 Å². The second-order valence-corrected chi connectivity index (χ2v) is 31.6. The van der Waals surface area contributed by atoms with Gasteiger partial charge < -0.3 is 33.8 Å². The molecule has 0 radical (unpaired) electrons. The molecular weight excluding hydrogens is 1230 g/mol. The van der Waals surface area contributed by atoms with Gasteiger partial charge in [-0.1, -0.05) is 325 Å². The summed E-state index contributed by atoms with van der Waals surface area (Å²) in [5, 5.41) is 10.6. The summed E-state index contributed by atoms with van der Waals surface area (Å²) in [6.07, 6.45) is 49.0. The maximum absolute atomic E-state index is 13.1. The van der Waals surface area contributed by atoms with Crippen LogP contribution in [-0.4, -0.2) is 96.7 Å².